The Morgan fingerprint density at radius 3 is 2.46 bits per heavy atom. The van der Waals surface area contributed by atoms with Crippen LogP contribution in [-0.4, -0.2) is 58.2 Å². The van der Waals surface area contributed by atoms with Gasteiger partial charge in [0.1, 0.15) is 5.82 Å². The highest BCUT2D eigenvalue weighted by atomic mass is 35.5. The molecule has 0 bridgehead atoms. The standard InChI is InChI=1S/C19H24ClFN4O/c1-14(15-3-5-16(21)6-4-15)12-24-7-9-25(10-8-24)19(26)11-18-17(20)13-23(2)22-18/h3-6,13-14H,7-12H2,1-2H3. The first kappa shape index (κ1) is 18.9. The second-order valence-electron chi connectivity index (χ2n) is 6.91. The molecule has 1 aromatic carbocycles. The predicted molar refractivity (Wildman–Crippen MR) is 99.8 cm³/mol. The minimum Gasteiger partial charge on any atom is -0.340 e. The molecule has 3 rings (SSSR count). The fraction of sp³-hybridized carbons (Fsp3) is 0.474. The first-order valence-electron chi connectivity index (χ1n) is 8.86. The number of aryl methyl sites for hydroxylation is 1. The van der Waals surface area contributed by atoms with Crippen molar-refractivity contribution in [1.82, 2.24) is 19.6 Å². The van der Waals surface area contributed by atoms with Crippen molar-refractivity contribution in [3.05, 3.63) is 52.6 Å². The van der Waals surface area contributed by atoms with E-state index in [2.05, 4.69) is 16.9 Å². The van der Waals surface area contributed by atoms with Crippen molar-refractivity contribution in [2.75, 3.05) is 32.7 Å². The van der Waals surface area contributed by atoms with E-state index in [0.29, 0.717) is 29.7 Å². The lowest BCUT2D eigenvalue weighted by Crippen LogP contribution is -2.49. The number of aromatic nitrogens is 2. The summed E-state index contributed by atoms with van der Waals surface area (Å²) in [5.74, 6) is 0.183. The second kappa shape index (κ2) is 8.18. The van der Waals surface area contributed by atoms with Crippen LogP contribution in [0.4, 0.5) is 4.39 Å². The van der Waals surface area contributed by atoms with Crippen LogP contribution in [-0.2, 0) is 18.3 Å². The van der Waals surface area contributed by atoms with Crippen LogP contribution in [0.25, 0.3) is 0 Å². The van der Waals surface area contributed by atoms with E-state index in [1.807, 2.05) is 17.0 Å². The summed E-state index contributed by atoms with van der Waals surface area (Å²) in [6.45, 7) is 6.15. The van der Waals surface area contributed by atoms with Crippen LogP contribution in [0.2, 0.25) is 5.02 Å². The summed E-state index contributed by atoms with van der Waals surface area (Å²) in [5, 5.41) is 4.77. The number of piperazine rings is 1. The van der Waals surface area contributed by atoms with Crippen molar-refractivity contribution < 1.29 is 9.18 Å². The Hall–Kier alpha value is -1.92. The first-order chi connectivity index (χ1) is 12.4. The summed E-state index contributed by atoms with van der Waals surface area (Å²) in [4.78, 5) is 16.7. The zero-order valence-electron chi connectivity index (χ0n) is 15.2. The SMILES string of the molecule is CC(CN1CCN(C(=O)Cc2nn(C)cc2Cl)CC1)c1ccc(F)cc1. The number of nitrogens with zero attached hydrogens (tertiary/aromatic N) is 4. The molecule has 5 nitrogen and oxygen atoms in total. The molecular formula is C19H24ClFN4O. The maximum Gasteiger partial charge on any atom is 0.228 e. The number of rotatable bonds is 5. The molecule has 0 radical (unpaired) electrons. The Morgan fingerprint density at radius 2 is 1.88 bits per heavy atom. The van der Waals surface area contributed by atoms with Gasteiger partial charge >= 0.3 is 0 Å². The number of hydrogen-bond donors (Lipinski definition) is 0. The van der Waals surface area contributed by atoms with Crippen molar-refractivity contribution in [2.24, 2.45) is 7.05 Å². The van der Waals surface area contributed by atoms with E-state index in [9.17, 15) is 9.18 Å². The van der Waals surface area contributed by atoms with Gasteiger partial charge in [0.05, 0.1) is 17.1 Å². The van der Waals surface area contributed by atoms with E-state index in [1.54, 1.807) is 17.9 Å². The van der Waals surface area contributed by atoms with Crippen molar-refractivity contribution >= 4 is 17.5 Å². The third-order valence-corrected chi connectivity index (χ3v) is 5.18. The van der Waals surface area contributed by atoms with Gasteiger partial charge in [0.2, 0.25) is 5.91 Å². The molecule has 0 spiro atoms. The third kappa shape index (κ3) is 4.62. The molecule has 1 aromatic heterocycles. The number of carbonyl (C=O) groups excluding carboxylic acids is 1. The Labute approximate surface area is 158 Å². The monoisotopic (exact) mass is 378 g/mol. The zero-order chi connectivity index (χ0) is 18.7. The molecule has 1 fully saturated rings. The van der Waals surface area contributed by atoms with Crippen LogP contribution >= 0.6 is 11.6 Å². The highest BCUT2D eigenvalue weighted by molar-refractivity contribution is 6.31. The third-order valence-electron chi connectivity index (χ3n) is 4.87. The van der Waals surface area contributed by atoms with Gasteiger partial charge < -0.3 is 4.90 Å². The van der Waals surface area contributed by atoms with Gasteiger partial charge in [0, 0.05) is 46.0 Å². The Balaban J connectivity index is 1.48. The minimum absolute atomic E-state index is 0.0665. The predicted octanol–water partition coefficient (Wildman–Crippen LogP) is 2.70. The Bertz CT molecular complexity index is 753. The smallest absolute Gasteiger partial charge is 0.228 e. The highest BCUT2D eigenvalue weighted by Crippen LogP contribution is 2.19. The van der Waals surface area contributed by atoms with Crippen molar-refractivity contribution in [3.63, 3.8) is 0 Å². The lowest BCUT2D eigenvalue weighted by atomic mass is 10.0. The van der Waals surface area contributed by atoms with E-state index in [1.165, 1.54) is 12.1 Å². The lowest BCUT2D eigenvalue weighted by Gasteiger charge is -2.36. The van der Waals surface area contributed by atoms with E-state index >= 15 is 0 Å². The molecule has 1 aliphatic rings. The molecule has 0 N–H and O–H groups in total. The van der Waals surface area contributed by atoms with Crippen LogP contribution in [0.3, 0.4) is 0 Å². The number of carbonyl (C=O) groups is 1. The molecule has 1 unspecified atom stereocenters. The quantitative estimate of drug-likeness (QED) is 0.803. The Morgan fingerprint density at radius 1 is 1.23 bits per heavy atom. The van der Waals surface area contributed by atoms with Crippen molar-refractivity contribution in [1.29, 1.82) is 0 Å². The summed E-state index contributed by atoms with van der Waals surface area (Å²) in [5.41, 5.74) is 1.77. The molecule has 1 saturated heterocycles. The average molecular weight is 379 g/mol. The van der Waals surface area contributed by atoms with E-state index in [0.717, 1.165) is 25.2 Å². The van der Waals surface area contributed by atoms with Crippen LogP contribution in [0.15, 0.2) is 30.5 Å². The van der Waals surface area contributed by atoms with Gasteiger partial charge in [-0.25, -0.2) is 4.39 Å². The first-order valence-corrected chi connectivity index (χ1v) is 9.24. The lowest BCUT2D eigenvalue weighted by molar-refractivity contribution is -0.132. The van der Waals surface area contributed by atoms with Crippen LogP contribution in [0.1, 0.15) is 24.1 Å². The molecule has 0 aliphatic carbocycles. The number of benzene rings is 1. The number of amides is 1. The molecule has 1 atom stereocenters. The molecule has 1 amide bonds. The van der Waals surface area contributed by atoms with E-state index in [-0.39, 0.29) is 18.1 Å². The molecular weight excluding hydrogens is 355 g/mol. The fourth-order valence-electron chi connectivity index (χ4n) is 3.34. The van der Waals surface area contributed by atoms with Crippen molar-refractivity contribution in [2.45, 2.75) is 19.3 Å². The normalized spacial score (nSPS) is 16.7. The molecule has 0 saturated carbocycles. The van der Waals surface area contributed by atoms with Crippen LogP contribution in [0.5, 0.6) is 0 Å². The summed E-state index contributed by atoms with van der Waals surface area (Å²) in [7, 11) is 1.79. The number of halogens is 2. The van der Waals surface area contributed by atoms with Gasteiger partial charge in [-0.05, 0) is 23.6 Å². The molecule has 1 aliphatic heterocycles. The fourth-order valence-corrected chi connectivity index (χ4v) is 3.59. The van der Waals surface area contributed by atoms with Gasteiger partial charge in [-0.1, -0.05) is 30.7 Å². The van der Waals surface area contributed by atoms with Gasteiger partial charge in [0.15, 0.2) is 0 Å². The summed E-state index contributed by atoms with van der Waals surface area (Å²) in [6, 6.07) is 6.70. The molecule has 140 valence electrons. The topological polar surface area (TPSA) is 41.4 Å². The van der Waals surface area contributed by atoms with Crippen molar-refractivity contribution in [3.8, 4) is 0 Å². The Kier molecular flexibility index (Phi) is 5.94. The second-order valence-corrected chi connectivity index (χ2v) is 7.32. The number of hydrogen-bond acceptors (Lipinski definition) is 3. The average Bonchev–Trinajstić information content (AvgIpc) is 2.93. The van der Waals surface area contributed by atoms with Gasteiger partial charge in [-0.15, -0.1) is 0 Å². The molecule has 26 heavy (non-hydrogen) atoms. The van der Waals surface area contributed by atoms with Gasteiger partial charge in [-0.3, -0.25) is 14.4 Å². The zero-order valence-corrected chi connectivity index (χ0v) is 15.9. The highest BCUT2D eigenvalue weighted by Gasteiger charge is 2.23. The largest absolute Gasteiger partial charge is 0.340 e. The van der Waals surface area contributed by atoms with Gasteiger partial charge in [0.25, 0.3) is 0 Å². The molecule has 2 heterocycles. The van der Waals surface area contributed by atoms with E-state index < -0.39 is 0 Å². The maximum atomic E-state index is 13.0. The summed E-state index contributed by atoms with van der Waals surface area (Å²) in [6.07, 6.45) is 1.95. The summed E-state index contributed by atoms with van der Waals surface area (Å²) < 4.78 is 14.7. The van der Waals surface area contributed by atoms with Gasteiger partial charge in [-0.2, -0.15) is 5.10 Å². The van der Waals surface area contributed by atoms with E-state index in [4.69, 9.17) is 11.6 Å². The van der Waals surface area contributed by atoms with Crippen LogP contribution < -0.4 is 0 Å². The summed E-state index contributed by atoms with van der Waals surface area (Å²) >= 11 is 6.09. The molecule has 7 heteroatoms. The maximum absolute atomic E-state index is 13.0. The van der Waals surface area contributed by atoms with Crippen LogP contribution in [0, 0.1) is 5.82 Å². The minimum atomic E-state index is -0.207. The molecule has 2 aromatic rings.